The van der Waals surface area contributed by atoms with Crippen molar-refractivity contribution < 1.29 is 14.0 Å². The fourth-order valence-corrected chi connectivity index (χ4v) is 4.11. The highest BCUT2D eigenvalue weighted by Gasteiger charge is 2.26. The van der Waals surface area contributed by atoms with E-state index < -0.39 is 5.91 Å². The fraction of sp³-hybridized carbons (Fsp3) is 0.154. The predicted molar refractivity (Wildman–Crippen MR) is 126 cm³/mol. The molecule has 170 valence electrons. The highest BCUT2D eigenvalue weighted by molar-refractivity contribution is 6.04. The molecule has 8 heteroatoms. The largest absolute Gasteiger partial charge is 0.361 e. The Morgan fingerprint density at radius 1 is 1.03 bits per heavy atom. The molecule has 0 radical (unpaired) electrons. The van der Waals surface area contributed by atoms with Crippen LogP contribution in [0.4, 0.5) is 4.39 Å². The molecule has 2 aromatic heterocycles. The van der Waals surface area contributed by atoms with E-state index in [4.69, 9.17) is 0 Å². The van der Waals surface area contributed by atoms with Gasteiger partial charge in [-0.3, -0.25) is 9.59 Å². The molecule has 4 aromatic rings. The van der Waals surface area contributed by atoms with Crippen LogP contribution in [0.25, 0.3) is 16.5 Å². The third-order valence-corrected chi connectivity index (χ3v) is 5.91. The number of hydrogen-bond donors (Lipinski definition) is 2. The molecule has 1 aliphatic rings. The first kappa shape index (κ1) is 21.5. The van der Waals surface area contributed by atoms with Crippen molar-refractivity contribution in [2.75, 3.05) is 13.1 Å². The second kappa shape index (κ2) is 9.27. The summed E-state index contributed by atoms with van der Waals surface area (Å²) in [6, 6.07) is 13.9. The van der Waals surface area contributed by atoms with Crippen LogP contribution in [-0.2, 0) is 6.54 Å². The van der Waals surface area contributed by atoms with Crippen LogP contribution in [0.5, 0.6) is 0 Å². The average molecular weight is 455 g/mol. The Morgan fingerprint density at radius 2 is 1.79 bits per heavy atom. The van der Waals surface area contributed by atoms with Gasteiger partial charge in [-0.25, -0.2) is 14.4 Å². The maximum absolute atomic E-state index is 13.2. The van der Waals surface area contributed by atoms with Crippen molar-refractivity contribution in [3.8, 4) is 0 Å². The van der Waals surface area contributed by atoms with Crippen LogP contribution >= 0.6 is 0 Å². The summed E-state index contributed by atoms with van der Waals surface area (Å²) in [4.78, 5) is 39.2. The van der Waals surface area contributed by atoms with E-state index in [1.165, 1.54) is 30.1 Å². The van der Waals surface area contributed by atoms with Crippen LogP contribution in [0.1, 0.15) is 38.5 Å². The van der Waals surface area contributed by atoms with Gasteiger partial charge < -0.3 is 15.2 Å². The molecule has 7 nitrogen and oxygen atoms in total. The standard InChI is InChI=1S/C26H22FN5O2/c27-19-7-5-17(6-8-19)15-31-25(33)23-24(29-12-11-28-23)26(34)32-13-9-18(10-14-32)21-16-30-22-4-2-1-3-20(21)22/h1-9,11-12,16,30H,10,13-15H2,(H,31,33). The maximum Gasteiger partial charge on any atom is 0.275 e. The van der Waals surface area contributed by atoms with E-state index in [0.29, 0.717) is 19.5 Å². The molecule has 0 fully saturated rings. The third kappa shape index (κ3) is 4.30. The van der Waals surface area contributed by atoms with Gasteiger partial charge in [-0.2, -0.15) is 0 Å². The van der Waals surface area contributed by atoms with E-state index in [1.54, 1.807) is 17.0 Å². The topological polar surface area (TPSA) is 91.0 Å². The molecule has 2 N–H and O–H groups in total. The molecule has 3 heterocycles. The van der Waals surface area contributed by atoms with Gasteiger partial charge in [-0.1, -0.05) is 36.4 Å². The Bertz CT molecular complexity index is 1390. The number of amides is 2. The number of hydrogen-bond acceptors (Lipinski definition) is 4. The molecule has 0 unspecified atom stereocenters. The summed E-state index contributed by atoms with van der Waals surface area (Å²) >= 11 is 0. The van der Waals surface area contributed by atoms with Gasteiger partial charge in [0.15, 0.2) is 11.4 Å². The summed E-state index contributed by atoms with van der Waals surface area (Å²) in [5.74, 6) is -1.19. The zero-order chi connectivity index (χ0) is 23.5. The molecule has 0 atom stereocenters. The lowest BCUT2D eigenvalue weighted by Gasteiger charge is -2.26. The van der Waals surface area contributed by atoms with Crippen molar-refractivity contribution in [2.45, 2.75) is 13.0 Å². The number of aromatic nitrogens is 3. The number of carbonyl (C=O) groups excluding carboxylic acids is 2. The lowest BCUT2D eigenvalue weighted by molar-refractivity contribution is 0.0758. The Labute approximate surface area is 195 Å². The average Bonchev–Trinajstić information content (AvgIpc) is 3.32. The minimum Gasteiger partial charge on any atom is -0.361 e. The number of aromatic amines is 1. The smallest absolute Gasteiger partial charge is 0.275 e. The third-order valence-electron chi connectivity index (χ3n) is 5.91. The van der Waals surface area contributed by atoms with Crippen LogP contribution in [0.2, 0.25) is 0 Å². The molecule has 1 aliphatic heterocycles. The first-order valence-corrected chi connectivity index (χ1v) is 11.0. The second-order valence-corrected chi connectivity index (χ2v) is 8.04. The molecule has 0 aliphatic carbocycles. The monoisotopic (exact) mass is 455 g/mol. The van der Waals surface area contributed by atoms with E-state index in [1.807, 2.05) is 30.5 Å². The number of rotatable bonds is 5. The highest BCUT2D eigenvalue weighted by Crippen LogP contribution is 2.29. The number of fused-ring (bicyclic) bond motifs is 1. The number of para-hydroxylation sites is 1. The van der Waals surface area contributed by atoms with Gasteiger partial charge in [0.1, 0.15) is 5.82 Å². The second-order valence-electron chi connectivity index (χ2n) is 8.04. The highest BCUT2D eigenvalue weighted by atomic mass is 19.1. The summed E-state index contributed by atoms with van der Waals surface area (Å²) in [6.45, 7) is 1.11. The predicted octanol–water partition coefficient (Wildman–Crippen LogP) is 3.96. The summed E-state index contributed by atoms with van der Waals surface area (Å²) in [6.07, 6.45) is 7.53. The SMILES string of the molecule is O=C(NCc1ccc(F)cc1)c1nccnc1C(=O)N1CC=C(c2c[nH]c3ccccc23)CC1. The molecule has 2 aromatic carbocycles. The lowest BCUT2D eigenvalue weighted by Crippen LogP contribution is -2.37. The van der Waals surface area contributed by atoms with E-state index in [9.17, 15) is 14.0 Å². The number of halogens is 1. The van der Waals surface area contributed by atoms with E-state index in [-0.39, 0.29) is 29.7 Å². The molecular formula is C26H22FN5O2. The van der Waals surface area contributed by atoms with Crippen molar-refractivity contribution in [3.63, 3.8) is 0 Å². The van der Waals surface area contributed by atoms with Gasteiger partial charge >= 0.3 is 0 Å². The van der Waals surface area contributed by atoms with Gasteiger partial charge in [0, 0.05) is 54.7 Å². The van der Waals surface area contributed by atoms with E-state index >= 15 is 0 Å². The molecule has 0 saturated carbocycles. The zero-order valence-electron chi connectivity index (χ0n) is 18.3. The summed E-state index contributed by atoms with van der Waals surface area (Å²) in [7, 11) is 0. The van der Waals surface area contributed by atoms with Crippen LogP contribution < -0.4 is 5.32 Å². The molecule has 0 spiro atoms. The maximum atomic E-state index is 13.2. The van der Waals surface area contributed by atoms with Gasteiger partial charge in [0.05, 0.1) is 0 Å². The number of nitrogens with one attached hydrogen (secondary N) is 2. The van der Waals surface area contributed by atoms with Crippen LogP contribution in [-0.4, -0.2) is 44.8 Å². The summed E-state index contributed by atoms with van der Waals surface area (Å²) in [5.41, 5.74) is 4.12. The molecule has 34 heavy (non-hydrogen) atoms. The van der Waals surface area contributed by atoms with Crippen molar-refractivity contribution in [2.24, 2.45) is 0 Å². The van der Waals surface area contributed by atoms with E-state index in [2.05, 4.69) is 26.3 Å². The first-order valence-electron chi connectivity index (χ1n) is 11.0. The van der Waals surface area contributed by atoms with Gasteiger partial charge in [0.2, 0.25) is 0 Å². The molecule has 5 rings (SSSR count). The normalized spacial score (nSPS) is 13.6. The summed E-state index contributed by atoms with van der Waals surface area (Å²) < 4.78 is 13.1. The zero-order valence-corrected chi connectivity index (χ0v) is 18.3. The van der Waals surface area contributed by atoms with Gasteiger partial charge in [-0.15, -0.1) is 0 Å². The first-order chi connectivity index (χ1) is 16.6. The van der Waals surface area contributed by atoms with E-state index in [0.717, 1.165) is 22.0 Å². The Balaban J connectivity index is 1.30. The van der Waals surface area contributed by atoms with Crippen molar-refractivity contribution in [3.05, 3.63) is 102 Å². The van der Waals surface area contributed by atoms with Crippen molar-refractivity contribution >= 4 is 28.3 Å². The number of carbonyl (C=O) groups is 2. The van der Waals surface area contributed by atoms with Gasteiger partial charge in [0.25, 0.3) is 11.8 Å². The molecule has 0 bridgehead atoms. The minimum absolute atomic E-state index is 0.0167. The number of benzene rings is 2. The molecule has 0 saturated heterocycles. The van der Waals surface area contributed by atoms with Crippen LogP contribution in [0.3, 0.4) is 0 Å². The van der Waals surface area contributed by atoms with Gasteiger partial charge in [-0.05, 0) is 35.8 Å². The van der Waals surface area contributed by atoms with Crippen LogP contribution in [0, 0.1) is 5.82 Å². The summed E-state index contributed by atoms with van der Waals surface area (Å²) in [5, 5.41) is 3.88. The number of H-pyrrole nitrogens is 1. The minimum atomic E-state index is -0.507. The fourth-order valence-electron chi connectivity index (χ4n) is 4.11. The van der Waals surface area contributed by atoms with Crippen molar-refractivity contribution in [1.29, 1.82) is 0 Å². The Morgan fingerprint density at radius 3 is 2.56 bits per heavy atom. The quantitative estimate of drug-likeness (QED) is 0.477. The van der Waals surface area contributed by atoms with Crippen molar-refractivity contribution in [1.82, 2.24) is 25.2 Å². The number of nitrogens with zero attached hydrogens (tertiary/aromatic N) is 3. The lowest BCUT2D eigenvalue weighted by atomic mass is 9.98. The Kier molecular flexibility index (Phi) is 5.86. The molecular weight excluding hydrogens is 433 g/mol. The van der Waals surface area contributed by atoms with Crippen LogP contribution in [0.15, 0.2) is 73.2 Å². The Hall–Kier alpha value is -4.33. The molecule has 2 amide bonds.